The third-order valence-corrected chi connectivity index (χ3v) is 2.74. The van der Waals surface area contributed by atoms with Crippen molar-refractivity contribution in [1.29, 1.82) is 0 Å². The quantitative estimate of drug-likeness (QED) is 0.849. The molecule has 4 heteroatoms. The molecule has 2 rings (SSSR count). The highest BCUT2D eigenvalue weighted by atomic mass is 35.5. The van der Waals surface area contributed by atoms with Crippen LogP contribution in [0.3, 0.4) is 0 Å². The molecular formula is C11H11ClN2O. The number of pyridine rings is 1. The molecule has 0 radical (unpaired) electrons. The van der Waals surface area contributed by atoms with E-state index in [-0.39, 0.29) is 0 Å². The highest BCUT2D eigenvalue weighted by molar-refractivity contribution is 6.36. The minimum Gasteiger partial charge on any atom is -0.481 e. The Morgan fingerprint density at radius 2 is 2.13 bits per heavy atom. The molecule has 0 amide bonds. The van der Waals surface area contributed by atoms with E-state index in [1.54, 1.807) is 13.2 Å². The zero-order chi connectivity index (χ0) is 10.8. The summed E-state index contributed by atoms with van der Waals surface area (Å²) in [5.74, 6) is 0.582. The van der Waals surface area contributed by atoms with E-state index in [2.05, 4.69) is 4.98 Å². The second kappa shape index (κ2) is 4.04. The number of halogens is 1. The minimum absolute atomic E-state index is 0.431. The number of fused-ring (bicyclic) bond motifs is 1. The number of nitrogens with zero attached hydrogens (tertiary/aromatic N) is 1. The monoisotopic (exact) mass is 222 g/mol. The van der Waals surface area contributed by atoms with Crippen molar-refractivity contribution in [3.8, 4) is 5.88 Å². The Morgan fingerprint density at radius 1 is 1.33 bits per heavy atom. The van der Waals surface area contributed by atoms with Gasteiger partial charge in [0.2, 0.25) is 5.88 Å². The Morgan fingerprint density at radius 3 is 2.80 bits per heavy atom. The largest absolute Gasteiger partial charge is 0.481 e. The number of methoxy groups -OCH3 is 1. The third kappa shape index (κ3) is 1.76. The standard InChI is InChI=1S/C11H11ClN2O/c1-15-10-5-3-8-9(14-10)4-2-7(6-13)11(8)12/h2-5H,6,13H2,1H3. The summed E-state index contributed by atoms with van der Waals surface area (Å²) in [4.78, 5) is 4.28. The summed E-state index contributed by atoms with van der Waals surface area (Å²) in [6.07, 6.45) is 0. The molecule has 1 heterocycles. The summed E-state index contributed by atoms with van der Waals surface area (Å²) >= 11 is 6.18. The van der Waals surface area contributed by atoms with Gasteiger partial charge in [0.15, 0.2) is 0 Å². The summed E-state index contributed by atoms with van der Waals surface area (Å²) in [6, 6.07) is 7.46. The summed E-state index contributed by atoms with van der Waals surface area (Å²) in [5.41, 5.74) is 7.31. The number of hydrogen-bond donors (Lipinski definition) is 1. The maximum Gasteiger partial charge on any atom is 0.213 e. The third-order valence-electron chi connectivity index (χ3n) is 2.29. The van der Waals surface area contributed by atoms with Crippen LogP contribution >= 0.6 is 11.6 Å². The lowest BCUT2D eigenvalue weighted by Crippen LogP contribution is -1.98. The van der Waals surface area contributed by atoms with Crippen LogP contribution in [0, 0.1) is 0 Å². The van der Waals surface area contributed by atoms with Crippen LogP contribution in [0.4, 0.5) is 0 Å². The van der Waals surface area contributed by atoms with Gasteiger partial charge in [0.25, 0.3) is 0 Å². The summed E-state index contributed by atoms with van der Waals surface area (Å²) in [5, 5.41) is 1.57. The second-order valence-corrected chi connectivity index (χ2v) is 3.54. The second-order valence-electron chi connectivity index (χ2n) is 3.16. The summed E-state index contributed by atoms with van der Waals surface area (Å²) < 4.78 is 5.04. The maximum atomic E-state index is 6.18. The Balaban J connectivity index is 2.68. The molecule has 0 saturated carbocycles. The predicted molar refractivity (Wildman–Crippen MR) is 61.2 cm³/mol. The fraction of sp³-hybridized carbons (Fsp3) is 0.182. The van der Waals surface area contributed by atoms with E-state index in [0.29, 0.717) is 17.4 Å². The normalized spacial score (nSPS) is 10.6. The van der Waals surface area contributed by atoms with Gasteiger partial charge in [0.1, 0.15) is 0 Å². The van der Waals surface area contributed by atoms with Gasteiger partial charge >= 0.3 is 0 Å². The van der Waals surface area contributed by atoms with E-state index < -0.39 is 0 Å². The van der Waals surface area contributed by atoms with E-state index in [0.717, 1.165) is 16.5 Å². The van der Waals surface area contributed by atoms with Gasteiger partial charge in [-0.2, -0.15) is 0 Å². The fourth-order valence-electron chi connectivity index (χ4n) is 1.47. The molecule has 0 fully saturated rings. The highest BCUT2D eigenvalue weighted by Crippen LogP contribution is 2.27. The molecule has 0 unspecified atom stereocenters. The number of rotatable bonds is 2. The Hall–Kier alpha value is -1.32. The van der Waals surface area contributed by atoms with Gasteiger partial charge in [-0.15, -0.1) is 0 Å². The van der Waals surface area contributed by atoms with Gasteiger partial charge in [0.05, 0.1) is 17.6 Å². The minimum atomic E-state index is 0.431. The van der Waals surface area contributed by atoms with Crippen molar-refractivity contribution in [3.63, 3.8) is 0 Å². The summed E-state index contributed by atoms with van der Waals surface area (Å²) in [6.45, 7) is 0.431. The van der Waals surface area contributed by atoms with E-state index in [4.69, 9.17) is 22.1 Å². The number of aromatic nitrogens is 1. The average Bonchev–Trinajstić information content (AvgIpc) is 2.29. The molecule has 78 valence electrons. The van der Waals surface area contributed by atoms with E-state index in [1.165, 1.54) is 0 Å². The number of nitrogens with two attached hydrogens (primary N) is 1. The molecule has 0 spiro atoms. The van der Waals surface area contributed by atoms with Crippen molar-refractivity contribution in [1.82, 2.24) is 4.98 Å². The van der Waals surface area contributed by atoms with Crippen molar-refractivity contribution < 1.29 is 4.74 Å². The predicted octanol–water partition coefficient (Wildman–Crippen LogP) is 2.36. The van der Waals surface area contributed by atoms with Crippen LogP contribution in [0.1, 0.15) is 5.56 Å². The van der Waals surface area contributed by atoms with Gasteiger partial charge in [-0.3, -0.25) is 0 Å². The molecule has 0 saturated heterocycles. The van der Waals surface area contributed by atoms with Crippen LogP contribution in [0.2, 0.25) is 5.02 Å². The van der Waals surface area contributed by atoms with Gasteiger partial charge in [-0.25, -0.2) is 4.98 Å². The topological polar surface area (TPSA) is 48.1 Å². The Bertz CT molecular complexity index is 499. The van der Waals surface area contributed by atoms with Gasteiger partial charge in [-0.05, 0) is 17.7 Å². The molecule has 0 aliphatic heterocycles. The first-order valence-electron chi connectivity index (χ1n) is 4.58. The molecule has 3 nitrogen and oxygen atoms in total. The van der Waals surface area contributed by atoms with E-state index >= 15 is 0 Å². The van der Waals surface area contributed by atoms with Crippen molar-refractivity contribution in [2.24, 2.45) is 5.73 Å². The first-order valence-corrected chi connectivity index (χ1v) is 4.96. The highest BCUT2D eigenvalue weighted by Gasteiger charge is 2.05. The van der Waals surface area contributed by atoms with E-state index in [9.17, 15) is 0 Å². The molecule has 15 heavy (non-hydrogen) atoms. The first kappa shape index (κ1) is 10.2. The molecule has 0 aliphatic carbocycles. The van der Waals surface area contributed by atoms with Crippen molar-refractivity contribution in [3.05, 3.63) is 34.9 Å². The first-order chi connectivity index (χ1) is 7.26. The number of hydrogen-bond acceptors (Lipinski definition) is 3. The number of ether oxygens (including phenoxy) is 1. The molecule has 2 N–H and O–H groups in total. The zero-order valence-corrected chi connectivity index (χ0v) is 9.08. The van der Waals surface area contributed by atoms with Crippen LogP contribution in [0.5, 0.6) is 5.88 Å². The van der Waals surface area contributed by atoms with Crippen LogP contribution in [-0.4, -0.2) is 12.1 Å². The van der Waals surface area contributed by atoms with Crippen molar-refractivity contribution in [2.45, 2.75) is 6.54 Å². The maximum absolute atomic E-state index is 6.18. The van der Waals surface area contributed by atoms with Crippen LogP contribution < -0.4 is 10.5 Å². The SMILES string of the molecule is COc1ccc2c(Cl)c(CN)ccc2n1. The molecule has 0 aliphatic rings. The average molecular weight is 223 g/mol. The van der Waals surface area contributed by atoms with Gasteiger partial charge in [-0.1, -0.05) is 17.7 Å². The summed E-state index contributed by atoms with van der Waals surface area (Å²) in [7, 11) is 1.59. The van der Waals surface area contributed by atoms with E-state index in [1.807, 2.05) is 18.2 Å². The van der Waals surface area contributed by atoms with Crippen LogP contribution in [0.15, 0.2) is 24.3 Å². The Kier molecular flexibility index (Phi) is 2.75. The molecule has 1 aromatic carbocycles. The molecule has 2 aromatic rings. The van der Waals surface area contributed by atoms with Crippen LogP contribution in [-0.2, 0) is 6.54 Å². The van der Waals surface area contributed by atoms with Gasteiger partial charge in [0, 0.05) is 18.0 Å². The lowest BCUT2D eigenvalue weighted by Gasteiger charge is -2.06. The molecule has 0 bridgehead atoms. The lowest BCUT2D eigenvalue weighted by molar-refractivity contribution is 0.399. The smallest absolute Gasteiger partial charge is 0.213 e. The molecule has 0 atom stereocenters. The fourth-order valence-corrected chi connectivity index (χ4v) is 1.77. The zero-order valence-electron chi connectivity index (χ0n) is 8.33. The molecular weight excluding hydrogens is 212 g/mol. The van der Waals surface area contributed by atoms with Crippen LogP contribution in [0.25, 0.3) is 10.9 Å². The van der Waals surface area contributed by atoms with Gasteiger partial charge < -0.3 is 10.5 Å². The molecule has 1 aromatic heterocycles. The number of benzene rings is 1. The Labute approximate surface area is 92.8 Å². The van der Waals surface area contributed by atoms with Crippen molar-refractivity contribution >= 4 is 22.5 Å². The van der Waals surface area contributed by atoms with Crippen molar-refractivity contribution in [2.75, 3.05) is 7.11 Å². The lowest BCUT2D eigenvalue weighted by atomic mass is 10.1.